The molecular formula is C30H32N4O2. The molecular weight excluding hydrogens is 448 g/mol. The Morgan fingerprint density at radius 3 is 2.08 bits per heavy atom. The molecule has 184 valence electrons. The SMILES string of the molecule is CC(=N)CC(C)=NCC(=O)N1CCN(c2ccccc2-c2ccc(C(=O)c3ccccc3)cc2)CC1. The highest BCUT2D eigenvalue weighted by Gasteiger charge is 2.22. The number of hydrogen-bond acceptors (Lipinski definition) is 5. The molecule has 1 saturated heterocycles. The molecule has 0 spiro atoms. The van der Waals surface area contributed by atoms with Crippen molar-refractivity contribution in [1.82, 2.24) is 4.90 Å². The van der Waals surface area contributed by atoms with Crippen molar-refractivity contribution in [2.75, 3.05) is 37.6 Å². The Morgan fingerprint density at radius 1 is 0.806 bits per heavy atom. The van der Waals surface area contributed by atoms with Crippen LogP contribution >= 0.6 is 0 Å². The standard InChI is InChI=1S/C30H32N4O2/c1-22(31)20-23(2)32-21-29(35)34-18-16-33(17-19-34)28-11-7-6-10-27(28)24-12-14-26(15-13-24)30(36)25-8-4-3-5-9-25/h3-15,31H,16-21H2,1-2H3. The number of amides is 1. The zero-order valence-electron chi connectivity index (χ0n) is 20.9. The summed E-state index contributed by atoms with van der Waals surface area (Å²) in [6, 6.07) is 25.4. The predicted molar refractivity (Wildman–Crippen MR) is 147 cm³/mol. The lowest BCUT2D eigenvalue weighted by molar-refractivity contribution is -0.129. The van der Waals surface area contributed by atoms with Crippen molar-refractivity contribution in [2.45, 2.75) is 20.3 Å². The van der Waals surface area contributed by atoms with Crippen molar-refractivity contribution < 1.29 is 9.59 Å². The highest BCUT2D eigenvalue weighted by molar-refractivity contribution is 6.09. The van der Waals surface area contributed by atoms with E-state index in [0.29, 0.717) is 36.3 Å². The summed E-state index contributed by atoms with van der Waals surface area (Å²) in [7, 11) is 0. The number of hydrogen-bond donors (Lipinski definition) is 1. The molecule has 0 radical (unpaired) electrons. The van der Waals surface area contributed by atoms with Gasteiger partial charge in [0.05, 0.1) is 0 Å². The van der Waals surface area contributed by atoms with Gasteiger partial charge in [-0.2, -0.15) is 0 Å². The van der Waals surface area contributed by atoms with E-state index in [4.69, 9.17) is 5.41 Å². The fraction of sp³-hybridized carbons (Fsp3) is 0.267. The maximum Gasteiger partial charge on any atom is 0.244 e. The van der Waals surface area contributed by atoms with Crippen LogP contribution in [-0.2, 0) is 4.79 Å². The molecule has 1 N–H and O–H groups in total. The Morgan fingerprint density at radius 2 is 1.42 bits per heavy atom. The Labute approximate surface area is 212 Å². The molecule has 6 heteroatoms. The summed E-state index contributed by atoms with van der Waals surface area (Å²) in [6.07, 6.45) is 0.513. The van der Waals surface area contributed by atoms with Gasteiger partial charge in [0, 0.05) is 66.4 Å². The number of piperazine rings is 1. The van der Waals surface area contributed by atoms with Crippen molar-refractivity contribution in [1.29, 1.82) is 5.41 Å². The third kappa shape index (κ3) is 6.13. The molecule has 0 aliphatic carbocycles. The minimum absolute atomic E-state index is 0.0173. The van der Waals surface area contributed by atoms with Gasteiger partial charge in [-0.05, 0) is 25.5 Å². The van der Waals surface area contributed by atoms with Crippen molar-refractivity contribution >= 4 is 28.8 Å². The number of nitrogens with one attached hydrogen (secondary N) is 1. The zero-order valence-corrected chi connectivity index (χ0v) is 20.9. The lowest BCUT2D eigenvalue weighted by Gasteiger charge is -2.37. The van der Waals surface area contributed by atoms with Crippen LogP contribution in [0.3, 0.4) is 0 Å². The Balaban J connectivity index is 1.42. The fourth-order valence-electron chi connectivity index (χ4n) is 4.49. The molecule has 3 aromatic carbocycles. The third-order valence-electron chi connectivity index (χ3n) is 6.38. The Bertz CT molecular complexity index is 1260. The molecule has 0 atom stereocenters. The van der Waals surface area contributed by atoms with Crippen LogP contribution in [0.1, 0.15) is 36.2 Å². The van der Waals surface area contributed by atoms with Crippen molar-refractivity contribution in [3.8, 4) is 11.1 Å². The molecule has 4 rings (SSSR count). The molecule has 1 aliphatic rings. The normalized spacial score (nSPS) is 14.0. The first-order valence-corrected chi connectivity index (χ1v) is 12.3. The second-order valence-electron chi connectivity index (χ2n) is 9.17. The first-order valence-electron chi connectivity index (χ1n) is 12.3. The number of para-hydroxylation sites is 1. The number of nitrogens with zero attached hydrogens (tertiary/aromatic N) is 3. The van der Waals surface area contributed by atoms with Crippen molar-refractivity contribution in [2.24, 2.45) is 4.99 Å². The molecule has 0 aromatic heterocycles. The fourth-order valence-corrected chi connectivity index (χ4v) is 4.49. The summed E-state index contributed by atoms with van der Waals surface area (Å²) in [5.41, 5.74) is 6.01. The van der Waals surface area contributed by atoms with Crippen molar-refractivity contribution in [3.05, 3.63) is 90.0 Å². The Kier molecular flexibility index (Phi) is 8.06. The first-order chi connectivity index (χ1) is 17.4. The average molecular weight is 481 g/mol. The quantitative estimate of drug-likeness (QED) is 0.359. The molecule has 36 heavy (non-hydrogen) atoms. The van der Waals surface area contributed by atoms with Gasteiger partial charge in [0.15, 0.2) is 5.78 Å². The van der Waals surface area contributed by atoms with Crippen LogP contribution < -0.4 is 4.90 Å². The molecule has 3 aromatic rings. The van der Waals surface area contributed by atoms with E-state index in [0.717, 1.165) is 35.6 Å². The third-order valence-corrected chi connectivity index (χ3v) is 6.38. The summed E-state index contributed by atoms with van der Waals surface area (Å²) >= 11 is 0. The predicted octanol–water partition coefficient (Wildman–Crippen LogP) is 5.12. The number of ketones is 1. The summed E-state index contributed by atoms with van der Waals surface area (Å²) in [5.74, 6) is 0.0484. The highest BCUT2D eigenvalue weighted by atomic mass is 16.2. The Hall–Kier alpha value is -4.06. The van der Waals surface area contributed by atoms with Crippen LogP contribution in [-0.4, -0.2) is 60.7 Å². The van der Waals surface area contributed by atoms with Gasteiger partial charge in [0.2, 0.25) is 5.91 Å². The van der Waals surface area contributed by atoms with Gasteiger partial charge in [-0.3, -0.25) is 14.6 Å². The van der Waals surface area contributed by atoms with E-state index in [-0.39, 0.29) is 18.2 Å². The summed E-state index contributed by atoms with van der Waals surface area (Å²) in [4.78, 5) is 33.9. The van der Waals surface area contributed by atoms with Crippen molar-refractivity contribution in [3.63, 3.8) is 0 Å². The number of benzene rings is 3. The second-order valence-corrected chi connectivity index (χ2v) is 9.17. The summed E-state index contributed by atoms with van der Waals surface area (Å²) < 4.78 is 0. The van der Waals surface area contributed by atoms with Crippen LogP contribution in [0.2, 0.25) is 0 Å². The smallest absolute Gasteiger partial charge is 0.244 e. The molecule has 6 nitrogen and oxygen atoms in total. The number of anilines is 1. The highest BCUT2D eigenvalue weighted by Crippen LogP contribution is 2.32. The van der Waals surface area contributed by atoms with E-state index in [1.807, 2.05) is 78.6 Å². The minimum atomic E-state index is 0.0173. The van der Waals surface area contributed by atoms with E-state index in [9.17, 15) is 9.59 Å². The number of carbonyl (C=O) groups excluding carboxylic acids is 2. The topological polar surface area (TPSA) is 76.8 Å². The largest absolute Gasteiger partial charge is 0.367 e. The average Bonchev–Trinajstić information content (AvgIpc) is 2.91. The molecule has 0 bridgehead atoms. The summed E-state index contributed by atoms with van der Waals surface area (Å²) in [5, 5.41) is 7.56. The summed E-state index contributed by atoms with van der Waals surface area (Å²) in [6.45, 7) is 6.54. The second kappa shape index (κ2) is 11.6. The number of aliphatic imine (C=N–C) groups is 1. The van der Waals surface area contributed by atoms with Gasteiger partial charge < -0.3 is 15.2 Å². The van der Waals surface area contributed by atoms with E-state index >= 15 is 0 Å². The van der Waals surface area contributed by atoms with Crippen LogP contribution in [0.15, 0.2) is 83.9 Å². The van der Waals surface area contributed by atoms with Gasteiger partial charge in [-0.15, -0.1) is 0 Å². The maximum absolute atomic E-state index is 12.8. The zero-order chi connectivity index (χ0) is 25.5. The van der Waals surface area contributed by atoms with E-state index in [1.165, 1.54) is 0 Å². The maximum atomic E-state index is 12.8. The van der Waals surface area contributed by atoms with Gasteiger partial charge in [-0.1, -0.05) is 72.8 Å². The molecule has 0 unspecified atom stereocenters. The molecule has 0 saturated carbocycles. The van der Waals surface area contributed by atoms with Gasteiger partial charge >= 0.3 is 0 Å². The van der Waals surface area contributed by atoms with Crippen LogP contribution in [0.25, 0.3) is 11.1 Å². The first kappa shape index (κ1) is 25.0. The molecule has 1 heterocycles. The molecule has 1 amide bonds. The van der Waals surface area contributed by atoms with E-state index < -0.39 is 0 Å². The monoisotopic (exact) mass is 480 g/mol. The minimum Gasteiger partial charge on any atom is -0.367 e. The van der Waals surface area contributed by atoms with Gasteiger partial charge in [-0.25, -0.2) is 0 Å². The molecule has 1 aliphatic heterocycles. The van der Waals surface area contributed by atoms with Gasteiger partial charge in [0.25, 0.3) is 0 Å². The van der Waals surface area contributed by atoms with E-state index in [1.54, 1.807) is 6.92 Å². The number of rotatable bonds is 8. The van der Waals surface area contributed by atoms with Crippen LogP contribution in [0, 0.1) is 5.41 Å². The number of carbonyl (C=O) groups is 2. The van der Waals surface area contributed by atoms with Crippen LogP contribution in [0.5, 0.6) is 0 Å². The molecule has 1 fully saturated rings. The van der Waals surface area contributed by atoms with Crippen LogP contribution in [0.4, 0.5) is 5.69 Å². The lowest BCUT2D eigenvalue weighted by atomic mass is 9.98. The van der Waals surface area contributed by atoms with E-state index in [2.05, 4.69) is 22.0 Å². The lowest BCUT2D eigenvalue weighted by Crippen LogP contribution is -2.49. The van der Waals surface area contributed by atoms with Gasteiger partial charge in [0.1, 0.15) is 6.54 Å².